The van der Waals surface area contributed by atoms with Crippen LogP contribution in [0.4, 0.5) is 5.95 Å². The largest absolute Gasteiger partial charge is 0.475 e. The summed E-state index contributed by atoms with van der Waals surface area (Å²) >= 11 is 5.92. The highest BCUT2D eigenvalue weighted by atomic mass is 35.5. The molecule has 1 aromatic heterocycles. The van der Waals surface area contributed by atoms with E-state index in [1.807, 2.05) is 32.7 Å². The van der Waals surface area contributed by atoms with E-state index in [9.17, 15) is 0 Å². The van der Waals surface area contributed by atoms with Crippen molar-refractivity contribution in [1.82, 2.24) is 9.97 Å². The van der Waals surface area contributed by atoms with Crippen molar-refractivity contribution in [1.29, 1.82) is 0 Å². The molecule has 0 aliphatic carbocycles. The molecule has 0 N–H and O–H groups in total. The summed E-state index contributed by atoms with van der Waals surface area (Å²) in [6.45, 7) is 6.76. The summed E-state index contributed by atoms with van der Waals surface area (Å²) in [6.07, 6.45) is 2.73. The van der Waals surface area contributed by atoms with E-state index in [0.29, 0.717) is 11.8 Å². The predicted molar refractivity (Wildman–Crippen MR) is 71.0 cm³/mol. The minimum Gasteiger partial charge on any atom is -0.475 e. The van der Waals surface area contributed by atoms with Gasteiger partial charge in [-0.05, 0) is 27.2 Å². The van der Waals surface area contributed by atoms with Crippen LogP contribution in [0.25, 0.3) is 0 Å². The molecule has 0 bridgehead atoms. The van der Waals surface area contributed by atoms with E-state index in [4.69, 9.17) is 16.3 Å². The van der Waals surface area contributed by atoms with E-state index in [1.54, 1.807) is 12.3 Å². The third-order valence-corrected chi connectivity index (χ3v) is 2.40. The Morgan fingerprint density at radius 3 is 2.71 bits per heavy atom. The van der Waals surface area contributed by atoms with Gasteiger partial charge in [-0.1, -0.05) is 0 Å². The molecule has 0 fully saturated rings. The third kappa shape index (κ3) is 5.22. The van der Waals surface area contributed by atoms with Crippen LogP contribution in [0, 0.1) is 0 Å². The Bertz CT molecular complexity index is 344. The van der Waals surface area contributed by atoms with Crippen LogP contribution in [-0.4, -0.2) is 35.0 Å². The molecule has 1 aromatic rings. The summed E-state index contributed by atoms with van der Waals surface area (Å²) in [4.78, 5) is 10.5. The highest BCUT2D eigenvalue weighted by Crippen LogP contribution is 2.13. The number of alkyl halides is 1. The second kappa shape index (κ2) is 6.64. The van der Waals surface area contributed by atoms with Gasteiger partial charge in [0.1, 0.15) is 0 Å². The van der Waals surface area contributed by atoms with Gasteiger partial charge < -0.3 is 9.64 Å². The zero-order valence-electron chi connectivity index (χ0n) is 10.9. The summed E-state index contributed by atoms with van der Waals surface area (Å²) in [6, 6.07) is 1.77. The second-order valence-corrected chi connectivity index (χ2v) is 5.10. The number of halogens is 1. The van der Waals surface area contributed by atoms with Crippen LogP contribution in [0.2, 0.25) is 0 Å². The summed E-state index contributed by atoms with van der Waals surface area (Å²) < 4.78 is 5.53. The highest BCUT2D eigenvalue weighted by molar-refractivity contribution is 6.20. The van der Waals surface area contributed by atoms with Crippen molar-refractivity contribution in [3.8, 4) is 5.88 Å². The molecular weight excluding hydrogens is 238 g/mol. The molecule has 0 spiro atoms. The summed E-state index contributed by atoms with van der Waals surface area (Å²) in [7, 11) is 1.95. The number of hydrogen-bond donors (Lipinski definition) is 0. The molecule has 1 unspecified atom stereocenters. The van der Waals surface area contributed by atoms with E-state index < -0.39 is 0 Å². The van der Waals surface area contributed by atoms with Crippen LogP contribution in [0.15, 0.2) is 12.3 Å². The molecule has 96 valence electrons. The lowest BCUT2D eigenvalue weighted by Crippen LogP contribution is -2.23. The molecule has 0 saturated carbocycles. The Morgan fingerprint density at radius 2 is 2.12 bits per heavy atom. The number of hydrogen-bond acceptors (Lipinski definition) is 4. The molecule has 0 aliphatic heterocycles. The standard InChI is InChI=1S/C12H20ClN3O/c1-9(2)17-11-5-7-14-12(15-11)16(4)8-6-10(3)13/h5,7,9-10H,6,8H2,1-4H3. The van der Waals surface area contributed by atoms with Gasteiger partial charge in [0.05, 0.1) is 6.10 Å². The normalized spacial score (nSPS) is 12.6. The minimum absolute atomic E-state index is 0.117. The lowest BCUT2D eigenvalue weighted by molar-refractivity contribution is 0.232. The van der Waals surface area contributed by atoms with Crippen molar-refractivity contribution < 1.29 is 4.74 Å². The summed E-state index contributed by atoms with van der Waals surface area (Å²) in [5.74, 6) is 1.27. The van der Waals surface area contributed by atoms with Crippen molar-refractivity contribution in [2.24, 2.45) is 0 Å². The van der Waals surface area contributed by atoms with Crippen LogP contribution in [-0.2, 0) is 0 Å². The maximum Gasteiger partial charge on any atom is 0.228 e. The molecule has 4 nitrogen and oxygen atoms in total. The van der Waals surface area contributed by atoms with E-state index >= 15 is 0 Å². The predicted octanol–water partition coefficient (Wildman–Crippen LogP) is 2.72. The Morgan fingerprint density at radius 1 is 1.41 bits per heavy atom. The van der Waals surface area contributed by atoms with E-state index in [1.165, 1.54) is 0 Å². The number of ether oxygens (including phenoxy) is 1. The molecule has 1 heterocycles. The Kier molecular flexibility index (Phi) is 5.48. The van der Waals surface area contributed by atoms with Crippen molar-refractivity contribution in [2.75, 3.05) is 18.5 Å². The first-order valence-electron chi connectivity index (χ1n) is 5.84. The maximum atomic E-state index is 5.92. The number of anilines is 1. The second-order valence-electron chi connectivity index (χ2n) is 4.35. The fraction of sp³-hybridized carbons (Fsp3) is 0.667. The van der Waals surface area contributed by atoms with Gasteiger partial charge in [0, 0.05) is 31.2 Å². The van der Waals surface area contributed by atoms with Crippen molar-refractivity contribution in [3.63, 3.8) is 0 Å². The van der Waals surface area contributed by atoms with Gasteiger partial charge in [0.25, 0.3) is 0 Å². The molecule has 0 saturated heterocycles. The average molecular weight is 258 g/mol. The van der Waals surface area contributed by atoms with Crippen LogP contribution in [0.3, 0.4) is 0 Å². The van der Waals surface area contributed by atoms with Gasteiger partial charge in [-0.2, -0.15) is 4.98 Å². The third-order valence-electron chi connectivity index (χ3n) is 2.18. The van der Waals surface area contributed by atoms with Crippen molar-refractivity contribution in [2.45, 2.75) is 38.7 Å². The quantitative estimate of drug-likeness (QED) is 0.735. The van der Waals surface area contributed by atoms with Gasteiger partial charge in [-0.15, -0.1) is 11.6 Å². The summed E-state index contributed by atoms with van der Waals surface area (Å²) in [5, 5.41) is 0.160. The molecule has 0 radical (unpaired) electrons. The molecule has 5 heteroatoms. The van der Waals surface area contributed by atoms with Crippen LogP contribution >= 0.6 is 11.6 Å². The minimum atomic E-state index is 0.117. The number of nitrogens with zero attached hydrogens (tertiary/aromatic N) is 3. The van der Waals surface area contributed by atoms with Crippen LogP contribution in [0.5, 0.6) is 5.88 Å². The Hall–Kier alpha value is -1.03. The SMILES string of the molecule is CC(Cl)CCN(C)c1nccc(OC(C)C)n1. The Balaban J connectivity index is 2.63. The van der Waals surface area contributed by atoms with Gasteiger partial charge >= 0.3 is 0 Å². The number of rotatable bonds is 6. The molecule has 1 atom stereocenters. The smallest absolute Gasteiger partial charge is 0.228 e. The van der Waals surface area contributed by atoms with Crippen molar-refractivity contribution in [3.05, 3.63) is 12.3 Å². The highest BCUT2D eigenvalue weighted by Gasteiger charge is 2.08. The Labute approximate surface area is 108 Å². The van der Waals surface area contributed by atoms with E-state index in [0.717, 1.165) is 13.0 Å². The molecule has 0 amide bonds. The molecule has 0 aromatic carbocycles. The monoisotopic (exact) mass is 257 g/mol. The zero-order chi connectivity index (χ0) is 12.8. The molecular formula is C12H20ClN3O. The lowest BCUT2D eigenvalue weighted by atomic mass is 10.3. The number of aromatic nitrogens is 2. The van der Waals surface area contributed by atoms with Gasteiger partial charge in [-0.25, -0.2) is 4.98 Å². The average Bonchev–Trinajstić information content (AvgIpc) is 2.25. The van der Waals surface area contributed by atoms with Gasteiger partial charge in [0.15, 0.2) is 0 Å². The van der Waals surface area contributed by atoms with Gasteiger partial charge in [-0.3, -0.25) is 0 Å². The van der Waals surface area contributed by atoms with Crippen LogP contribution < -0.4 is 9.64 Å². The summed E-state index contributed by atoms with van der Waals surface area (Å²) in [5.41, 5.74) is 0. The topological polar surface area (TPSA) is 38.2 Å². The first-order chi connectivity index (χ1) is 7.99. The fourth-order valence-corrected chi connectivity index (χ4v) is 1.39. The molecule has 17 heavy (non-hydrogen) atoms. The van der Waals surface area contributed by atoms with Crippen molar-refractivity contribution >= 4 is 17.5 Å². The lowest BCUT2D eigenvalue weighted by Gasteiger charge is -2.18. The molecule has 1 rings (SSSR count). The van der Waals surface area contributed by atoms with E-state index in [2.05, 4.69) is 9.97 Å². The fourth-order valence-electron chi connectivity index (χ4n) is 1.29. The zero-order valence-corrected chi connectivity index (χ0v) is 11.6. The maximum absolute atomic E-state index is 5.92. The first kappa shape index (κ1) is 14.0. The molecule has 0 aliphatic rings. The van der Waals surface area contributed by atoms with Crippen LogP contribution in [0.1, 0.15) is 27.2 Å². The first-order valence-corrected chi connectivity index (χ1v) is 6.27. The van der Waals surface area contributed by atoms with E-state index in [-0.39, 0.29) is 11.5 Å². The van der Waals surface area contributed by atoms with Gasteiger partial charge in [0.2, 0.25) is 11.8 Å².